The Morgan fingerprint density at radius 3 is 2.54 bits per heavy atom. The summed E-state index contributed by atoms with van der Waals surface area (Å²) in [6, 6.07) is 12.5. The number of hydrogen-bond acceptors (Lipinski definition) is 3. The second-order valence-electron chi connectivity index (χ2n) is 5.71. The number of unbranched alkanes of at least 4 members (excludes halogenated alkanes) is 2. The monoisotopic (exact) mass is 331 g/mol. The van der Waals surface area contributed by atoms with Crippen LogP contribution in [0.4, 0.5) is 4.39 Å². The molecule has 4 heteroatoms. The Bertz CT molecular complexity index is 631. The van der Waals surface area contributed by atoms with Crippen LogP contribution in [0.25, 0.3) is 0 Å². The summed E-state index contributed by atoms with van der Waals surface area (Å²) in [4.78, 5) is 0. The lowest BCUT2D eigenvalue weighted by atomic mass is 10.1. The predicted molar refractivity (Wildman–Crippen MR) is 95.0 cm³/mol. The maximum absolute atomic E-state index is 13.8. The summed E-state index contributed by atoms with van der Waals surface area (Å²) >= 11 is 0. The summed E-state index contributed by atoms with van der Waals surface area (Å²) < 4.78 is 25.1. The van der Waals surface area contributed by atoms with Crippen LogP contribution in [-0.2, 0) is 13.2 Å². The van der Waals surface area contributed by atoms with Gasteiger partial charge in [0, 0.05) is 17.7 Å². The molecule has 0 aromatic heterocycles. The zero-order chi connectivity index (χ0) is 17.2. The van der Waals surface area contributed by atoms with Crippen LogP contribution < -0.4 is 14.8 Å². The van der Waals surface area contributed by atoms with Gasteiger partial charge in [-0.3, -0.25) is 0 Å². The third-order valence-corrected chi connectivity index (χ3v) is 3.88. The van der Waals surface area contributed by atoms with Gasteiger partial charge in [-0.1, -0.05) is 50.1 Å². The van der Waals surface area contributed by atoms with Crippen LogP contribution in [0.2, 0.25) is 0 Å². The van der Waals surface area contributed by atoms with Gasteiger partial charge in [-0.15, -0.1) is 0 Å². The number of halogens is 1. The van der Waals surface area contributed by atoms with Crippen LogP contribution in [0.3, 0.4) is 0 Å². The van der Waals surface area contributed by atoms with Crippen molar-refractivity contribution in [2.75, 3.05) is 13.7 Å². The van der Waals surface area contributed by atoms with Crippen molar-refractivity contribution in [3.63, 3.8) is 0 Å². The SMILES string of the molecule is CCCCCNCc1cccc(OC)c1OCc1ccccc1F. The Labute approximate surface area is 143 Å². The van der Waals surface area contributed by atoms with Gasteiger partial charge in [0.15, 0.2) is 11.5 Å². The van der Waals surface area contributed by atoms with E-state index in [1.165, 1.54) is 18.9 Å². The van der Waals surface area contributed by atoms with E-state index in [1.54, 1.807) is 25.3 Å². The summed E-state index contributed by atoms with van der Waals surface area (Å²) in [5, 5.41) is 3.43. The van der Waals surface area contributed by atoms with E-state index < -0.39 is 0 Å². The van der Waals surface area contributed by atoms with Gasteiger partial charge in [-0.25, -0.2) is 4.39 Å². The third-order valence-electron chi connectivity index (χ3n) is 3.88. The predicted octanol–water partition coefficient (Wildman–Crippen LogP) is 4.69. The van der Waals surface area contributed by atoms with E-state index >= 15 is 0 Å². The molecule has 0 bridgehead atoms. The second kappa shape index (κ2) is 9.93. The molecule has 2 rings (SSSR count). The summed E-state index contributed by atoms with van der Waals surface area (Å²) in [5.74, 6) is 1.08. The molecule has 0 aliphatic rings. The highest BCUT2D eigenvalue weighted by Gasteiger charge is 2.11. The normalized spacial score (nSPS) is 10.6. The van der Waals surface area contributed by atoms with E-state index in [1.807, 2.05) is 18.2 Å². The van der Waals surface area contributed by atoms with Gasteiger partial charge in [0.25, 0.3) is 0 Å². The Morgan fingerprint density at radius 1 is 1.00 bits per heavy atom. The van der Waals surface area contributed by atoms with Crippen molar-refractivity contribution in [3.05, 3.63) is 59.4 Å². The van der Waals surface area contributed by atoms with Crippen LogP contribution in [0.5, 0.6) is 11.5 Å². The highest BCUT2D eigenvalue weighted by atomic mass is 19.1. The van der Waals surface area contributed by atoms with Crippen molar-refractivity contribution >= 4 is 0 Å². The highest BCUT2D eigenvalue weighted by molar-refractivity contribution is 5.46. The number of ether oxygens (including phenoxy) is 2. The third kappa shape index (κ3) is 5.24. The van der Waals surface area contributed by atoms with Gasteiger partial charge in [0.05, 0.1) is 7.11 Å². The molecule has 3 nitrogen and oxygen atoms in total. The fourth-order valence-electron chi connectivity index (χ4n) is 2.51. The molecule has 0 saturated carbocycles. The Hall–Kier alpha value is -2.07. The lowest BCUT2D eigenvalue weighted by Gasteiger charge is -2.16. The first-order chi connectivity index (χ1) is 11.8. The van der Waals surface area contributed by atoms with Gasteiger partial charge in [0.1, 0.15) is 12.4 Å². The van der Waals surface area contributed by atoms with E-state index in [4.69, 9.17) is 9.47 Å². The second-order valence-corrected chi connectivity index (χ2v) is 5.71. The molecular weight excluding hydrogens is 305 g/mol. The topological polar surface area (TPSA) is 30.5 Å². The first kappa shape index (κ1) is 18.3. The number of benzene rings is 2. The van der Waals surface area contributed by atoms with Crippen LogP contribution in [0.15, 0.2) is 42.5 Å². The van der Waals surface area contributed by atoms with Gasteiger partial charge in [0.2, 0.25) is 0 Å². The molecule has 0 heterocycles. The number of methoxy groups -OCH3 is 1. The zero-order valence-corrected chi connectivity index (χ0v) is 14.5. The van der Waals surface area contributed by atoms with Crippen molar-refractivity contribution in [2.45, 2.75) is 39.3 Å². The van der Waals surface area contributed by atoms with Gasteiger partial charge in [-0.05, 0) is 25.1 Å². The van der Waals surface area contributed by atoms with Crippen molar-refractivity contribution < 1.29 is 13.9 Å². The molecule has 1 N–H and O–H groups in total. The van der Waals surface area contributed by atoms with Crippen LogP contribution in [0, 0.1) is 5.82 Å². The molecule has 2 aromatic rings. The minimum absolute atomic E-state index is 0.176. The summed E-state index contributed by atoms with van der Waals surface area (Å²) in [6.07, 6.45) is 3.59. The fourth-order valence-corrected chi connectivity index (χ4v) is 2.51. The molecule has 0 amide bonds. The Kier molecular flexibility index (Phi) is 7.56. The van der Waals surface area contributed by atoms with E-state index in [0.29, 0.717) is 23.6 Å². The maximum atomic E-state index is 13.8. The minimum Gasteiger partial charge on any atom is -0.493 e. The molecule has 0 spiro atoms. The van der Waals surface area contributed by atoms with Crippen molar-refractivity contribution in [1.29, 1.82) is 0 Å². The number of hydrogen-bond donors (Lipinski definition) is 1. The van der Waals surface area contributed by atoms with Crippen LogP contribution in [-0.4, -0.2) is 13.7 Å². The molecular formula is C20H26FNO2. The number of rotatable bonds is 10. The minimum atomic E-state index is -0.258. The summed E-state index contributed by atoms with van der Waals surface area (Å²) in [5.41, 5.74) is 1.55. The van der Waals surface area contributed by atoms with E-state index in [-0.39, 0.29) is 12.4 Å². The van der Waals surface area contributed by atoms with Crippen molar-refractivity contribution in [3.8, 4) is 11.5 Å². The molecule has 2 aromatic carbocycles. The largest absolute Gasteiger partial charge is 0.493 e. The molecule has 130 valence electrons. The first-order valence-corrected chi connectivity index (χ1v) is 8.49. The molecule has 0 saturated heterocycles. The van der Waals surface area contributed by atoms with E-state index in [0.717, 1.165) is 18.5 Å². The zero-order valence-electron chi connectivity index (χ0n) is 14.5. The fraction of sp³-hybridized carbons (Fsp3) is 0.400. The summed E-state index contributed by atoms with van der Waals surface area (Å²) in [7, 11) is 1.61. The molecule has 0 aliphatic heterocycles. The average molecular weight is 331 g/mol. The van der Waals surface area contributed by atoms with E-state index in [2.05, 4.69) is 12.2 Å². The lowest BCUT2D eigenvalue weighted by Crippen LogP contribution is -2.15. The smallest absolute Gasteiger partial charge is 0.166 e. The lowest BCUT2D eigenvalue weighted by molar-refractivity contribution is 0.276. The van der Waals surface area contributed by atoms with Crippen molar-refractivity contribution in [2.24, 2.45) is 0 Å². The molecule has 0 radical (unpaired) electrons. The Morgan fingerprint density at radius 2 is 1.79 bits per heavy atom. The standard InChI is InChI=1S/C20H26FNO2/c1-3-4-7-13-22-14-16-10-8-12-19(23-2)20(16)24-15-17-9-5-6-11-18(17)21/h5-6,8-12,22H,3-4,7,13-15H2,1-2H3. The van der Waals surface area contributed by atoms with Crippen molar-refractivity contribution in [1.82, 2.24) is 5.32 Å². The summed E-state index contributed by atoms with van der Waals surface area (Å²) in [6.45, 7) is 4.04. The van der Waals surface area contributed by atoms with Gasteiger partial charge < -0.3 is 14.8 Å². The van der Waals surface area contributed by atoms with Crippen LogP contribution in [0.1, 0.15) is 37.3 Å². The number of nitrogens with one attached hydrogen (secondary N) is 1. The molecule has 0 atom stereocenters. The van der Waals surface area contributed by atoms with Gasteiger partial charge >= 0.3 is 0 Å². The quantitative estimate of drug-likeness (QED) is 0.641. The average Bonchev–Trinajstić information content (AvgIpc) is 2.61. The number of para-hydroxylation sites is 1. The first-order valence-electron chi connectivity index (χ1n) is 8.49. The molecule has 0 fully saturated rings. The molecule has 0 aliphatic carbocycles. The van der Waals surface area contributed by atoms with Crippen LogP contribution >= 0.6 is 0 Å². The molecule has 0 unspecified atom stereocenters. The van der Waals surface area contributed by atoms with Gasteiger partial charge in [-0.2, -0.15) is 0 Å². The maximum Gasteiger partial charge on any atom is 0.166 e. The van der Waals surface area contributed by atoms with E-state index in [9.17, 15) is 4.39 Å². The highest BCUT2D eigenvalue weighted by Crippen LogP contribution is 2.32. The molecule has 24 heavy (non-hydrogen) atoms. The Balaban J connectivity index is 2.04.